The average Bonchev–Trinajstić information content (AvgIpc) is 3.30. The molecule has 0 spiro atoms. The number of ether oxygens (including phenoxy) is 1. The van der Waals surface area contributed by atoms with Gasteiger partial charge in [0.05, 0.1) is 5.39 Å². The number of pyridine rings is 1. The predicted octanol–water partition coefficient (Wildman–Crippen LogP) is 5.27. The molecular formula is C29H34N6O. The van der Waals surface area contributed by atoms with Gasteiger partial charge in [0.2, 0.25) is 0 Å². The average molecular weight is 483 g/mol. The van der Waals surface area contributed by atoms with Crippen molar-refractivity contribution in [2.75, 3.05) is 39.0 Å². The number of nitrogens with one attached hydrogen (secondary N) is 1. The number of nitrogen functional groups attached to an aromatic ring is 1. The second-order valence-electron chi connectivity index (χ2n) is 10.2. The summed E-state index contributed by atoms with van der Waals surface area (Å²) >= 11 is 0. The molecule has 1 saturated heterocycles. The van der Waals surface area contributed by atoms with Gasteiger partial charge in [0, 0.05) is 43.8 Å². The normalized spacial score (nSPS) is 21.6. The van der Waals surface area contributed by atoms with Crippen LogP contribution in [0.25, 0.3) is 22.2 Å². The van der Waals surface area contributed by atoms with Crippen LogP contribution < -0.4 is 10.5 Å². The lowest BCUT2D eigenvalue weighted by Gasteiger charge is -2.41. The standard InChI is InChI=1S/C29H34N6O/c1-34-15-17-35(18-16-34)22-11-7-21(8-12-22)26-19-25(27-28(30)32-33-29(27)31-26)20-9-13-24(14-10-20)36-23-5-3-2-4-6-23/h2-6,9-10,13-14,19,21-22H,7-8,11-12,15-18H2,1H3,(H3,30,31,32,33). The van der Waals surface area contributed by atoms with E-state index in [2.05, 4.69) is 45.2 Å². The molecule has 2 aromatic heterocycles. The van der Waals surface area contributed by atoms with Crippen molar-refractivity contribution in [3.8, 4) is 22.6 Å². The largest absolute Gasteiger partial charge is 0.457 e. The fraction of sp³-hybridized carbons (Fsp3) is 0.379. The lowest BCUT2D eigenvalue weighted by Crippen LogP contribution is -2.49. The first-order valence-electron chi connectivity index (χ1n) is 13.0. The van der Waals surface area contributed by atoms with Crippen molar-refractivity contribution < 1.29 is 4.74 Å². The zero-order valence-corrected chi connectivity index (χ0v) is 20.9. The number of likely N-dealkylation sites (N-methyl/N-ethyl adjacent to an activating group) is 1. The summed E-state index contributed by atoms with van der Waals surface area (Å²) in [5, 5.41) is 8.23. The highest BCUT2D eigenvalue weighted by Crippen LogP contribution is 2.39. The minimum atomic E-state index is 0.460. The van der Waals surface area contributed by atoms with Crippen molar-refractivity contribution in [2.45, 2.75) is 37.6 Å². The van der Waals surface area contributed by atoms with Crippen LogP contribution in [0.2, 0.25) is 0 Å². The Morgan fingerprint density at radius 3 is 2.31 bits per heavy atom. The molecule has 7 nitrogen and oxygen atoms in total. The first kappa shape index (κ1) is 23.0. The summed E-state index contributed by atoms with van der Waals surface area (Å²) in [4.78, 5) is 10.1. The van der Waals surface area contributed by atoms with Gasteiger partial charge in [-0.2, -0.15) is 5.10 Å². The Hall–Kier alpha value is -3.42. The number of H-pyrrole nitrogens is 1. The van der Waals surface area contributed by atoms with E-state index in [9.17, 15) is 0 Å². The Balaban J connectivity index is 1.23. The highest BCUT2D eigenvalue weighted by Gasteiger charge is 2.29. The number of piperazine rings is 1. The van der Waals surface area contributed by atoms with Crippen LogP contribution in [-0.4, -0.2) is 64.2 Å². The molecule has 1 aliphatic carbocycles. The highest BCUT2D eigenvalue weighted by molar-refractivity contribution is 6.00. The van der Waals surface area contributed by atoms with Crippen LogP contribution in [0.5, 0.6) is 11.5 Å². The number of aromatic nitrogens is 3. The van der Waals surface area contributed by atoms with Gasteiger partial charge in [-0.05, 0) is 74.2 Å². The van der Waals surface area contributed by atoms with Crippen LogP contribution >= 0.6 is 0 Å². The zero-order chi connectivity index (χ0) is 24.5. The molecule has 36 heavy (non-hydrogen) atoms. The zero-order valence-electron chi connectivity index (χ0n) is 20.9. The molecule has 186 valence electrons. The number of rotatable bonds is 5. The minimum absolute atomic E-state index is 0.460. The van der Waals surface area contributed by atoms with Crippen LogP contribution in [0.3, 0.4) is 0 Å². The third-order valence-corrected chi connectivity index (χ3v) is 7.89. The molecule has 2 fully saturated rings. The van der Waals surface area contributed by atoms with Crippen LogP contribution in [0, 0.1) is 0 Å². The summed E-state index contributed by atoms with van der Waals surface area (Å²) in [6.07, 6.45) is 4.81. The second kappa shape index (κ2) is 9.91. The topological polar surface area (TPSA) is 83.3 Å². The first-order valence-corrected chi connectivity index (χ1v) is 13.0. The third kappa shape index (κ3) is 4.68. The lowest BCUT2D eigenvalue weighted by molar-refractivity contribution is 0.0876. The number of aromatic amines is 1. The summed E-state index contributed by atoms with van der Waals surface area (Å²) in [6.45, 7) is 4.74. The van der Waals surface area contributed by atoms with E-state index in [0.29, 0.717) is 17.8 Å². The van der Waals surface area contributed by atoms with Gasteiger partial charge < -0.3 is 15.4 Å². The van der Waals surface area contributed by atoms with E-state index >= 15 is 0 Å². The molecule has 0 unspecified atom stereocenters. The van der Waals surface area contributed by atoms with E-state index in [4.69, 9.17) is 15.5 Å². The number of hydrogen-bond donors (Lipinski definition) is 2. The van der Waals surface area contributed by atoms with Crippen LogP contribution in [-0.2, 0) is 0 Å². The van der Waals surface area contributed by atoms with Crippen molar-refractivity contribution in [3.63, 3.8) is 0 Å². The molecule has 3 heterocycles. The molecular weight excluding hydrogens is 448 g/mol. The number of anilines is 1. The molecule has 1 saturated carbocycles. The molecule has 2 aliphatic rings. The third-order valence-electron chi connectivity index (χ3n) is 7.89. The molecule has 0 amide bonds. The van der Waals surface area contributed by atoms with Gasteiger partial charge in [-0.25, -0.2) is 4.98 Å². The Labute approximate surface area is 212 Å². The van der Waals surface area contributed by atoms with Crippen LogP contribution in [0.4, 0.5) is 5.82 Å². The molecule has 3 N–H and O–H groups in total. The maximum Gasteiger partial charge on any atom is 0.158 e. The number of nitrogens with two attached hydrogens (primary N) is 1. The molecule has 2 aromatic carbocycles. The Kier molecular flexibility index (Phi) is 6.34. The molecule has 7 heteroatoms. The van der Waals surface area contributed by atoms with Crippen molar-refractivity contribution in [1.29, 1.82) is 0 Å². The highest BCUT2D eigenvalue weighted by atomic mass is 16.5. The van der Waals surface area contributed by atoms with E-state index in [1.165, 1.54) is 51.9 Å². The van der Waals surface area contributed by atoms with Gasteiger partial charge in [0.15, 0.2) is 11.5 Å². The monoisotopic (exact) mass is 482 g/mol. The van der Waals surface area contributed by atoms with Crippen molar-refractivity contribution >= 4 is 16.9 Å². The predicted molar refractivity (Wildman–Crippen MR) is 144 cm³/mol. The Morgan fingerprint density at radius 1 is 0.889 bits per heavy atom. The summed E-state index contributed by atoms with van der Waals surface area (Å²) in [5.41, 5.74) is 10.3. The molecule has 0 radical (unpaired) electrons. The molecule has 1 aliphatic heterocycles. The SMILES string of the molecule is CN1CCN(C2CCC(c3cc(-c4ccc(Oc5ccccc5)cc4)c4c(N)n[nH]c4n3)CC2)CC1. The van der Waals surface area contributed by atoms with Crippen LogP contribution in [0.15, 0.2) is 60.7 Å². The van der Waals surface area contributed by atoms with Gasteiger partial charge >= 0.3 is 0 Å². The van der Waals surface area contributed by atoms with Gasteiger partial charge in [-0.3, -0.25) is 10.00 Å². The van der Waals surface area contributed by atoms with Gasteiger partial charge in [0.1, 0.15) is 11.5 Å². The maximum absolute atomic E-state index is 6.27. The summed E-state index contributed by atoms with van der Waals surface area (Å²) in [7, 11) is 2.22. The Bertz CT molecular complexity index is 1300. The number of benzene rings is 2. The van der Waals surface area contributed by atoms with E-state index < -0.39 is 0 Å². The van der Waals surface area contributed by atoms with E-state index in [0.717, 1.165) is 39.4 Å². The number of nitrogens with zero attached hydrogens (tertiary/aromatic N) is 4. The van der Waals surface area contributed by atoms with E-state index in [1.54, 1.807) is 0 Å². The van der Waals surface area contributed by atoms with Gasteiger partial charge in [-0.1, -0.05) is 30.3 Å². The van der Waals surface area contributed by atoms with Gasteiger partial charge in [0.25, 0.3) is 0 Å². The molecule has 0 bridgehead atoms. The van der Waals surface area contributed by atoms with Crippen LogP contribution in [0.1, 0.15) is 37.3 Å². The number of para-hydroxylation sites is 1. The van der Waals surface area contributed by atoms with Gasteiger partial charge in [-0.15, -0.1) is 0 Å². The second-order valence-corrected chi connectivity index (χ2v) is 10.2. The number of fused-ring (bicyclic) bond motifs is 1. The van der Waals surface area contributed by atoms with E-state index in [-0.39, 0.29) is 0 Å². The summed E-state index contributed by atoms with van der Waals surface area (Å²) in [6, 6.07) is 21.0. The minimum Gasteiger partial charge on any atom is -0.457 e. The van der Waals surface area contributed by atoms with E-state index in [1.807, 2.05) is 42.5 Å². The molecule has 6 rings (SSSR count). The smallest absolute Gasteiger partial charge is 0.158 e. The van der Waals surface area contributed by atoms with Crippen molar-refractivity contribution in [1.82, 2.24) is 25.0 Å². The molecule has 4 aromatic rings. The quantitative estimate of drug-likeness (QED) is 0.403. The fourth-order valence-electron chi connectivity index (χ4n) is 5.76. The lowest BCUT2D eigenvalue weighted by atomic mass is 9.82. The molecule has 0 atom stereocenters. The number of hydrogen-bond acceptors (Lipinski definition) is 6. The summed E-state index contributed by atoms with van der Waals surface area (Å²) in [5.74, 6) is 2.58. The summed E-state index contributed by atoms with van der Waals surface area (Å²) < 4.78 is 5.99. The first-order chi connectivity index (χ1) is 17.6. The van der Waals surface area contributed by atoms with Crippen molar-refractivity contribution in [3.05, 3.63) is 66.4 Å². The van der Waals surface area contributed by atoms with Crippen molar-refractivity contribution in [2.24, 2.45) is 0 Å². The maximum atomic E-state index is 6.27. The fourth-order valence-corrected chi connectivity index (χ4v) is 5.76. The Morgan fingerprint density at radius 2 is 1.58 bits per heavy atom.